The SMILES string of the molecule is CC(C)CCC(C)NC(=O)N[C@H](CO)C(=O)O. The number of nitrogens with one attached hydrogen (secondary N) is 2. The second kappa shape index (κ2) is 7.89. The van der Waals surface area contributed by atoms with E-state index in [4.69, 9.17) is 10.2 Å². The lowest BCUT2D eigenvalue weighted by atomic mass is 10.0. The van der Waals surface area contributed by atoms with E-state index in [0.29, 0.717) is 5.92 Å². The van der Waals surface area contributed by atoms with Gasteiger partial charge < -0.3 is 20.8 Å². The van der Waals surface area contributed by atoms with Crippen molar-refractivity contribution in [2.45, 2.75) is 45.7 Å². The van der Waals surface area contributed by atoms with E-state index in [1.807, 2.05) is 6.92 Å². The van der Waals surface area contributed by atoms with E-state index in [2.05, 4.69) is 24.5 Å². The maximum absolute atomic E-state index is 11.4. The van der Waals surface area contributed by atoms with Gasteiger partial charge in [0.1, 0.15) is 0 Å². The molecular formula is C11H22N2O4. The zero-order valence-corrected chi connectivity index (χ0v) is 10.6. The molecule has 0 heterocycles. The molecule has 0 fully saturated rings. The molecule has 0 aromatic carbocycles. The number of aliphatic hydroxyl groups excluding tert-OH is 1. The fourth-order valence-corrected chi connectivity index (χ4v) is 1.26. The van der Waals surface area contributed by atoms with Gasteiger partial charge >= 0.3 is 12.0 Å². The Bertz CT molecular complexity index is 256. The number of aliphatic carboxylic acids is 1. The zero-order valence-electron chi connectivity index (χ0n) is 10.6. The molecule has 0 bridgehead atoms. The minimum Gasteiger partial charge on any atom is -0.480 e. The lowest BCUT2D eigenvalue weighted by Gasteiger charge is -2.17. The Morgan fingerprint density at radius 1 is 1.12 bits per heavy atom. The van der Waals surface area contributed by atoms with Crippen LogP contribution in [0, 0.1) is 5.92 Å². The van der Waals surface area contributed by atoms with E-state index >= 15 is 0 Å². The van der Waals surface area contributed by atoms with Gasteiger partial charge in [-0.25, -0.2) is 9.59 Å². The molecule has 2 atom stereocenters. The Morgan fingerprint density at radius 2 is 1.71 bits per heavy atom. The molecule has 0 saturated carbocycles. The molecule has 0 aliphatic rings. The van der Waals surface area contributed by atoms with Gasteiger partial charge in [0.25, 0.3) is 0 Å². The van der Waals surface area contributed by atoms with Gasteiger partial charge in [-0.05, 0) is 25.7 Å². The predicted molar refractivity (Wildman–Crippen MR) is 63.7 cm³/mol. The lowest BCUT2D eigenvalue weighted by molar-refractivity contribution is -0.140. The molecule has 2 amide bonds. The van der Waals surface area contributed by atoms with E-state index in [1.54, 1.807) is 0 Å². The summed E-state index contributed by atoms with van der Waals surface area (Å²) in [4.78, 5) is 21.9. The Hall–Kier alpha value is -1.30. The van der Waals surface area contributed by atoms with Crippen LogP contribution in [0.4, 0.5) is 4.79 Å². The van der Waals surface area contributed by atoms with E-state index < -0.39 is 24.6 Å². The first kappa shape index (κ1) is 15.7. The van der Waals surface area contributed by atoms with Crippen LogP contribution in [0.3, 0.4) is 0 Å². The molecule has 6 nitrogen and oxygen atoms in total. The monoisotopic (exact) mass is 246 g/mol. The normalized spacial score (nSPS) is 14.2. The molecule has 0 aliphatic carbocycles. The van der Waals surface area contributed by atoms with Crippen molar-refractivity contribution in [3.05, 3.63) is 0 Å². The Labute approximate surface area is 101 Å². The Kier molecular flexibility index (Phi) is 7.29. The van der Waals surface area contributed by atoms with Crippen LogP contribution in [-0.4, -0.2) is 40.9 Å². The molecule has 1 unspecified atom stereocenters. The van der Waals surface area contributed by atoms with Crippen LogP contribution in [0.5, 0.6) is 0 Å². The van der Waals surface area contributed by atoms with Gasteiger partial charge in [0.2, 0.25) is 0 Å². The Balaban J connectivity index is 3.95. The number of amides is 2. The smallest absolute Gasteiger partial charge is 0.328 e. The van der Waals surface area contributed by atoms with E-state index in [9.17, 15) is 9.59 Å². The molecule has 6 heteroatoms. The van der Waals surface area contributed by atoms with Crippen LogP contribution < -0.4 is 10.6 Å². The summed E-state index contributed by atoms with van der Waals surface area (Å²) in [5, 5.41) is 22.2. The fraction of sp³-hybridized carbons (Fsp3) is 0.818. The first-order chi connectivity index (χ1) is 7.86. The summed E-state index contributed by atoms with van der Waals surface area (Å²) < 4.78 is 0. The van der Waals surface area contributed by atoms with E-state index in [-0.39, 0.29) is 6.04 Å². The third-order valence-corrected chi connectivity index (χ3v) is 2.34. The van der Waals surface area contributed by atoms with Gasteiger partial charge in [0.05, 0.1) is 6.61 Å². The van der Waals surface area contributed by atoms with Gasteiger partial charge in [-0.15, -0.1) is 0 Å². The number of urea groups is 1. The number of rotatable bonds is 7. The molecular weight excluding hydrogens is 224 g/mol. The number of carbonyl (C=O) groups excluding carboxylic acids is 1. The summed E-state index contributed by atoms with van der Waals surface area (Å²) in [6.45, 7) is 5.43. The fourth-order valence-electron chi connectivity index (χ4n) is 1.26. The quantitative estimate of drug-likeness (QED) is 0.527. The summed E-state index contributed by atoms with van der Waals surface area (Å²) in [5.41, 5.74) is 0. The Morgan fingerprint density at radius 3 is 2.12 bits per heavy atom. The molecule has 4 N–H and O–H groups in total. The second-order valence-electron chi connectivity index (χ2n) is 4.56. The maximum atomic E-state index is 11.4. The molecule has 17 heavy (non-hydrogen) atoms. The molecule has 0 saturated heterocycles. The number of hydrogen-bond acceptors (Lipinski definition) is 3. The molecule has 100 valence electrons. The minimum absolute atomic E-state index is 0.0227. The first-order valence-corrected chi connectivity index (χ1v) is 5.77. The van der Waals surface area contributed by atoms with Crippen molar-refractivity contribution >= 4 is 12.0 Å². The molecule has 0 aromatic heterocycles. The molecule has 0 radical (unpaired) electrons. The second-order valence-corrected chi connectivity index (χ2v) is 4.56. The summed E-state index contributed by atoms with van der Waals surface area (Å²) >= 11 is 0. The highest BCUT2D eigenvalue weighted by molar-refractivity contribution is 5.82. The standard InChI is InChI=1S/C11H22N2O4/c1-7(2)4-5-8(3)12-11(17)13-9(6-14)10(15)16/h7-9,14H,4-6H2,1-3H3,(H,15,16)(H2,12,13,17)/t8?,9-/m1/s1. The first-order valence-electron chi connectivity index (χ1n) is 5.77. The number of aliphatic hydroxyl groups is 1. The van der Waals surface area contributed by atoms with Crippen molar-refractivity contribution in [2.24, 2.45) is 5.92 Å². The summed E-state index contributed by atoms with van der Waals surface area (Å²) in [6, 6.07) is -1.85. The highest BCUT2D eigenvalue weighted by atomic mass is 16.4. The third-order valence-electron chi connectivity index (χ3n) is 2.34. The van der Waals surface area contributed by atoms with E-state index in [1.165, 1.54) is 0 Å². The number of carboxylic acid groups (broad SMARTS) is 1. The van der Waals surface area contributed by atoms with Gasteiger partial charge in [-0.2, -0.15) is 0 Å². The van der Waals surface area contributed by atoms with Gasteiger partial charge in [0.15, 0.2) is 6.04 Å². The van der Waals surface area contributed by atoms with Crippen LogP contribution in [-0.2, 0) is 4.79 Å². The lowest BCUT2D eigenvalue weighted by Crippen LogP contribution is -2.49. The van der Waals surface area contributed by atoms with Crippen molar-refractivity contribution in [2.75, 3.05) is 6.61 Å². The highest BCUT2D eigenvalue weighted by Gasteiger charge is 2.19. The van der Waals surface area contributed by atoms with Gasteiger partial charge in [-0.1, -0.05) is 13.8 Å². The minimum atomic E-state index is -1.26. The molecule has 0 aliphatic heterocycles. The zero-order chi connectivity index (χ0) is 13.4. The van der Waals surface area contributed by atoms with Crippen LogP contribution in [0.25, 0.3) is 0 Å². The van der Waals surface area contributed by atoms with Crippen LogP contribution >= 0.6 is 0 Å². The van der Waals surface area contributed by atoms with Crippen molar-refractivity contribution in [1.82, 2.24) is 10.6 Å². The van der Waals surface area contributed by atoms with Crippen LogP contribution in [0.15, 0.2) is 0 Å². The van der Waals surface area contributed by atoms with Crippen molar-refractivity contribution in [1.29, 1.82) is 0 Å². The van der Waals surface area contributed by atoms with Gasteiger partial charge in [-0.3, -0.25) is 0 Å². The number of carboxylic acids is 1. The van der Waals surface area contributed by atoms with Gasteiger partial charge in [0, 0.05) is 6.04 Å². The number of hydrogen-bond donors (Lipinski definition) is 4. The summed E-state index contributed by atoms with van der Waals surface area (Å²) in [5.74, 6) is -0.691. The van der Waals surface area contributed by atoms with Crippen LogP contribution in [0.2, 0.25) is 0 Å². The molecule has 0 aromatic rings. The average molecular weight is 246 g/mol. The number of carbonyl (C=O) groups is 2. The maximum Gasteiger partial charge on any atom is 0.328 e. The molecule has 0 rings (SSSR count). The average Bonchev–Trinajstić information content (AvgIpc) is 2.22. The van der Waals surface area contributed by atoms with Crippen molar-refractivity contribution in [3.8, 4) is 0 Å². The largest absolute Gasteiger partial charge is 0.480 e. The van der Waals surface area contributed by atoms with Crippen LogP contribution in [0.1, 0.15) is 33.6 Å². The highest BCUT2D eigenvalue weighted by Crippen LogP contribution is 2.06. The summed E-state index contributed by atoms with van der Waals surface area (Å²) in [7, 11) is 0. The molecule has 0 spiro atoms. The topological polar surface area (TPSA) is 98.7 Å². The van der Waals surface area contributed by atoms with Crippen molar-refractivity contribution < 1.29 is 19.8 Å². The summed E-state index contributed by atoms with van der Waals surface area (Å²) in [6.07, 6.45) is 1.83. The third kappa shape index (κ3) is 7.57. The predicted octanol–water partition coefficient (Wildman–Crippen LogP) is 0.556. The van der Waals surface area contributed by atoms with E-state index in [0.717, 1.165) is 12.8 Å². The van der Waals surface area contributed by atoms with Crippen molar-refractivity contribution in [3.63, 3.8) is 0 Å².